The van der Waals surface area contributed by atoms with Gasteiger partial charge in [-0.25, -0.2) is 0 Å². The summed E-state index contributed by atoms with van der Waals surface area (Å²) in [5, 5.41) is 3.10. The molecule has 1 unspecified atom stereocenters. The van der Waals surface area contributed by atoms with Gasteiger partial charge in [-0.2, -0.15) is 0 Å². The molecule has 0 aliphatic carbocycles. The lowest BCUT2D eigenvalue weighted by molar-refractivity contribution is -0.131. The SMILES string of the molecule is CCN(C)C(=O)C(C)NCC(C)=CCl. The normalized spacial score (nSPS) is 13.9. The number of nitrogens with one attached hydrogen (secondary N) is 1. The molecule has 1 atom stereocenters. The minimum Gasteiger partial charge on any atom is -0.345 e. The van der Waals surface area contributed by atoms with Crippen LogP contribution in [0.25, 0.3) is 0 Å². The van der Waals surface area contributed by atoms with Gasteiger partial charge in [-0.3, -0.25) is 4.79 Å². The standard InChI is InChI=1S/C10H19ClN2O/c1-5-13(4)10(14)9(3)12-7-8(2)6-11/h6,9,12H,5,7H2,1-4H3. The van der Waals surface area contributed by atoms with Crippen LogP contribution < -0.4 is 5.32 Å². The van der Waals surface area contributed by atoms with Crippen LogP contribution in [0, 0.1) is 0 Å². The van der Waals surface area contributed by atoms with Crippen molar-refractivity contribution < 1.29 is 4.79 Å². The van der Waals surface area contributed by atoms with Crippen molar-refractivity contribution in [2.75, 3.05) is 20.1 Å². The Kier molecular flexibility index (Phi) is 6.58. The first kappa shape index (κ1) is 13.5. The highest BCUT2D eigenvalue weighted by molar-refractivity contribution is 6.25. The van der Waals surface area contributed by atoms with E-state index in [9.17, 15) is 4.79 Å². The van der Waals surface area contributed by atoms with E-state index >= 15 is 0 Å². The van der Waals surface area contributed by atoms with Crippen LogP contribution in [-0.4, -0.2) is 37.0 Å². The number of hydrogen-bond donors (Lipinski definition) is 1. The van der Waals surface area contributed by atoms with Crippen LogP contribution in [0.3, 0.4) is 0 Å². The van der Waals surface area contributed by atoms with Gasteiger partial charge in [0.2, 0.25) is 5.91 Å². The molecule has 0 radical (unpaired) electrons. The van der Waals surface area contributed by atoms with Gasteiger partial charge in [0.1, 0.15) is 0 Å². The fraction of sp³-hybridized carbons (Fsp3) is 0.700. The molecular weight excluding hydrogens is 200 g/mol. The zero-order valence-corrected chi connectivity index (χ0v) is 10.1. The predicted octanol–water partition coefficient (Wildman–Crippen LogP) is 1.59. The van der Waals surface area contributed by atoms with Crippen molar-refractivity contribution in [1.82, 2.24) is 10.2 Å². The van der Waals surface area contributed by atoms with Crippen LogP contribution >= 0.6 is 11.6 Å². The molecule has 0 aromatic rings. The van der Waals surface area contributed by atoms with Crippen LogP contribution in [0.1, 0.15) is 20.8 Å². The van der Waals surface area contributed by atoms with Gasteiger partial charge in [0.05, 0.1) is 6.04 Å². The number of amides is 1. The topological polar surface area (TPSA) is 32.3 Å². The maximum atomic E-state index is 11.6. The number of carbonyl (C=O) groups is 1. The quantitative estimate of drug-likeness (QED) is 0.760. The number of likely N-dealkylation sites (N-methyl/N-ethyl adjacent to an activating group) is 1. The second-order valence-corrected chi connectivity index (χ2v) is 3.63. The molecule has 0 fully saturated rings. The van der Waals surface area contributed by atoms with Gasteiger partial charge < -0.3 is 10.2 Å². The molecule has 82 valence electrons. The smallest absolute Gasteiger partial charge is 0.239 e. The van der Waals surface area contributed by atoms with Crippen LogP contribution in [0.15, 0.2) is 11.1 Å². The molecular formula is C10H19ClN2O. The van der Waals surface area contributed by atoms with E-state index in [4.69, 9.17) is 11.6 Å². The zero-order chi connectivity index (χ0) is 11.1. The molecule has 0 heterocycles. The summed E-state index contributed by atoms with van der Waals surface area (Å²) in [6.45, 7) is 7.11. The largest absolute Gasteiger partial charge is 0.345 e. The molecule has 1 amide bonds. The van der Waals surface area contributed by atoms with Crippen LogP contribution in [0.4, 0.5) is 0 Å². The summed E-state index contributed by atoms with van der Waals surface area (Å²) in [6, 6.07) is -0.161. The van der Waals surface area contributed by atoms with E-state index in [1.165, 1.54) is 5.54 Å². The van der Waals surface area contributed by atoms with Crippen molar-refractivity contribution in [3.63, 3.8) is 0 Å². The monoisotopic (exact) mass is 218 g/mol. The minimum absolute atomic E-state index is 0.106. The Morgan fingerprint density at radius 3 is 2.64 bits per heavy atom. The fourth-order valence-electron chi connectivity index (χ4n) is 0.926. The van der Waals surface area contributed by atoms with E-state index in [1.54, 1.807) is 11.9 Å². The molecule has 4 heteroatoms. The highest BCUT2D eigenvalue weighted by Crippen LogP contribution is 1.96. The lowest BCUT2D eigenvalue weighted by Crippen LogP contribution is -2.43. The van der Waals surface area contributed by atoms with Gasteiger partial charge in [-0.1, -0.05) is 11.6 Å². The first-order valence-electron chi connectivity index (χ1n) is 4.77. The molecule has 0 spiro atoms. The summed E-state index contributed by atoms with van der Waals surface area (Å²) in [6.07, 6.45) is 0. The highest BCUT2D eigenvalue weighted by Gasteiger charge is 2.14. The van der Waals surface area contributed by atoms with Gasteiger partial charge in [0, 0.05) is 25.7 Å². The van der Waals surface area contributed by atoms with Gasteiger partial charge in [-0.05, 0) is 26.3 Å². The van der Waals surface area contributed by atoms with Gasteiger partial charge in [0.15, 0.2) is 0 Å². The molecule has 0 saturated heterocycles. The number of hydrogen-bond acceptors (Lipinski definition) is 2. The van der Waals surface area contributed by atoms with Crippen molar-refractivity contribution in [2.45, 2.75) is 26.8 Å². The number of halogens is 1. The molecule has 0 saturated carbocycles. The van der Waals surface area contributed by atoms with Crippen molar-refractivity contribution >= 4 is 17.5 Å². The summed E-state index contributed by atoms with van der Waals surface area (Å²) < 4.78 is 0. The van der Waals surface area contributed by atoms with Crippen molar-refractivity contribution in [2.24, 2.45) is 0 Å². The maximum Gasteiger partial charge on any atom is 0.239 e. The highest BCUT2D eigenvalue weighted by atomic mass is 35.5. The first-order chi connectivity index (χ1) is 6.52. The molecule has 0 aromatic carbocycles. The van der Waals surface area contributed by atoms with Crippen molar-refractivity contribution in [3.8, 4) is 0 Å². The Balaban J connectivity index is 3.96. The molecule has 0 aromatic heterocycles. The summed E-state index contributed by atoms with van der Waals surface area (Å²) in [4.78, 5) is 13.3. The summed E-state index contributed by atoms with van der Waals surface area (Å²) in [5.41, 5.74) is 2.54. The first-order valence-corrected chi connectivity index (χ1v) is 5.20. The van der Waals surface area contributed by atoms with Crippen molar-refractivity contribution in [3.05, 3.63) is 11.1 Å². The van der Waals surface area contributed by atoms with E-state index in [0.29, 0.717) is 6.54 Å². The number of rotatable bonds is 5. The third-order valence-corrected chi connectivity index (χ3v) is 2.47. The average Bonchev–Trinajstić information content (AvgIpc) is 2.22. The predicted molar refractivity (Wildman–Crippen MR) is 60.4 cm³/mol. The van der Waals surface area contributed by atoms with Gasteiger partial charge in [0.25, 0.3) is 0 Å². The number of nitrogens with zero attached hydrogens (tertiary/aromatic N) is 1. The second-order valence-electron chi connectivity index (χ2n) is 3.41. The Morgan fingerprint density at radius 1 is 1.64 bits per heavy atom. The van der Waals surface area contributed by atoms with Crippen LogP contribution in [0.2, 0.25) is 0 Å². The molecule has 0 aliphatic heterocycles. The van der Waals surface area contributed by atoms with E-state index < -0.39 is 0 Å². The Hall–Kier alpha value is -0.540. The molecule has 0 aliphatic rings. The maximum absolute atomic E-state index is 11.6. The third kappa shape index (κ3) is 4.63. The number of carbonyl (C=O) groups excluding carboxylic acids is 1. The van der Waals surface area contributed by atoms with Gasteiger partial charge >= 0.3 is 0 Å². The molecule has 0 bridgehead atoms. The second kappa shape index (κ2) is 6.85. The van der Waals surface area contributed by atoms with Crippen LogP contribution in [0.5, 0.6) is 0 Å². The molecule has 14 heavy (non-hydrogen) atoms. The Morgan fingerprint density at radius 2 is 2.21 bits per heavy atom. The Labute approximate surface area is 91.1 Å². The van der Waals surface area contributed by atoms with Gasteiger partial charge in [-0.15, -0.1) is 0 Å². The summed E-state index contributed by atoms with van der Waals surface area (Å²) in [5.74, 6) is 0.106. The Bertz CT molecular complexity index is 216. The van der Waals surface area contributed by atoms with E-state index in [-0.39, 0.29) is 11.9 Å². The molecule has 3 nitrogen and oxygen atoms in total. The third-order valence-electron chi connectivity index (χ3n) is 2.09. The summed E-state index contributed by atoms with van der Waals surface area (Å²) >= 11 is 5.51. The van der Waals surface area contributed by atoms with E-state index in [2.05, 4.69) is 5.32 Å². The lowest BCUT2D eigenvalue weighted by atomic mass is 10.2. The zero-order valence-electron chi connectivity index (χ0n) is 9.30. The van der Waals surface area contributed by atoms with E-state index in [1.807, 2.05) is 20.8 Å². The molecule has 0 rings (SSSR count). The average molecular weight is 219 g/mol. The summed E-state index contributed by atoms with van der Waals surface area (Å²) in [7, 11) is 1.80. The fourth-order valence-corrected chi connectivity index (χ4v) is 1.00. The minimum atomic E-state index is -0.161. The van der Waals surface area contributed by atoms with Crippen LogP contribution in [-0.2, 0) is 4.79 Å². The molecule has 1 N–H and O–H groups in total. The van der Waals surface area contributed by atoms with E-state index in [0.717, 1.165) is 12.1 Å². The lowest BCUT2D eigenvalue weighted by Gasteiger charge is -2.20. The van der Waals surface area contributed by atoms with Crippen molar-refractivity contribution in [1.29, 1.82) is 0 Å².